The Morgan fingerprint density at radius 1 is 1.20 bits per heavy atom. The van der Waals surface area contributed by atoms with E-state index in [0.29, 0.717) is 25.3 Å². The van der Waals surface area contributed by atoms with Crippen molar-refractivity contribution in [1.29, 1.82) is 0 Å². The molecule has 1 aliphatic heterocycles. The van der Waals surface area contributed by atoms with E-state index < -0.39 is 0 Å². The highest BCUT2D eigenvalue weighted by molar-refractivity contribution is 5.89. The first-order chi connectivity index (χ1) is 14.7. The molecule has 0 aliphatic carbocycles. The number of fused-ring (bicyclic) bond motifs is 1. The number of para-hydroxylation sites is 1. The third kappa shape index (κ3) is 3.41. The first kappa shape index (κ1) is 18.4. The molecule has 1 saturated heterocycles. The molecule has 4 heterocycles. The van der Waals surface area contributed by atoms with E-state index in [1.54, 1.807) is 29.4 Å². The molecule has 3 aromatic heterocycles. The van der Waals surface area contributed by atoms with Gasteiger partial charge in [-0.25, -0.2) is 9.67 Å². The monoisotopic (exact) mass is 402 g/mol. The van der Waals surface area contributed by atoms with Gasteiger partial charge < -0.3 is 9.88 Å². The molecule has 8 heteroatoms. The fourth-order valence-corrected chi connectivity index (χ4v) is 4.20. The number of hydrogen-bond donors (Lipinski definition) is 1. The molecule has 0 bridgehead atoms. The van der Waals surface area contributed by atoms with E-state index in [1.807, 2.05) is 35.4 Å². The fraction of sp³-hybridized carbons (Fsp3) is 0.273. The number of rotatable bonds is 5. The molecule has 1 amide bonds. The fourth-order valence-electron chi connectivity index (χ4n) is 4.20. The zero-order valence-electron chi connectivity index (χ0n) is 16.4. The Hall–Kier alpha value is -3.68. The third-order valence-corrected chi connectivity index (χ3v) is 5.72. The van der Waals surface area contributed by atoms with E-state index in [2.05, 4.69) is 15.1 Å². The van der Waals surface area contributed by atoms with Crippen LogP contribution < -0.4 is 5.56 Å². The molecular weight excluding hydrogens is 380 g/mol. The summed E-state index contributed by atoms with van der Waals surface area (Å²) in [6, 6.07) is 11.1. The Bertz CT molecular complexity index is 1240. The van der Waals surface area contributed by atoms with Crippen LogP contribution in [0.15, 0.2) is 66.1 Å². The van der Waals surface area contributed by atoms with Gasteiger partial charge in [-0.15, -0.1) is 0 Å². The van der Waals surface area contributed by atoms with Gasteiger partial charge in [-0.05, 0) is 30.5 Å². The zero-order valence-corrected chi connectivity index (χ0v) is 16.4. The van der Waals surface area contributed by atoms with E-state index in [0.717, 1.165) is 29.3 Å². The van der Waals surface area contributed by atoms with Gasteiger partial charge in [-0.3, -0.25) is 14.2 Å². The van der Waals surface area contributed by atoms with Crippen molar-refractivity contribution >= 4 is 16.8 Å². The second kappa shape index (κ2) is 7.62. The minimum atomic E-state index is -0.171. The molecule has 30 heavy (non-hydrogen) atoms. The van der Waals surface area contributed by atoms with Crippen LogP contribution in [-0.2, 0) is 17.8 Å². The maximum absolute atomic E-state index is 13.1. The summed E-state index contributed by atoms with van der Waals surface area (Å²) >= 11 is 0. The number of nitrogens with zero attached hydrogens (tertiary/aromatic N) is 5. The van der Waals surface area contributed by atoms with Crippen molar-refractivity contribution in [2.45, 2.75) is 31.8 Å². The topological polar surface area (TPSA) is 88.8 Å². The van der Waals surface area contributed by atoms with Crippen molar-refractivity contribution in [3.05, 3.63) is 77.2 Å². The van der Waals surface area contributed by atoms with Crippen LogP contribution in [0.1, 0.15) is 18.4 Å². The van der Waals surface area contributed by atoms with Crippen molar-refractivity contribution in [2.24, 2.45) is 0 Å². The van der Waals surface area contributed by atoms with Crippen LogP contribution in [0.2, 0.25) is 0 Å². The molecule has 1 fully saturated rings. The number of carbonyl (C=O) groups excluding carboxylic acids is 1. The maximum atomic E-state index is 13.1. The van der Waals surface area contributed by atoms with Gasteiger partial charge in [0.2, 0.25) is 5.91 Å². The molecule has 8 nitrogen and oxygen atoms in total. The van der Waals surface area contributed by atoms with Crippen LogP contribution in [0.25, 0.3) is 16.7 Å². The van der Waals surface area contributed by atoms with E-state index in [4.69, 9.17) is 0 Å². The number of H-pyrrole nitrogens is 1. The Balaban J connectivity index is 1.35. The molecule has 0 saturated carbocycles. The Kier molecular flexibility index (Phi) is 4.66. The van der Waals surface area contributed by atoms with Crippen molar-refractivity contribution in [3.8, 4) is 5.82 Å². The molecule has 152 valence electrons. The molecule has 0 radical (unpaired) electrons. The van der Waals surface area contributed by atoms with E-state index in [9.17, 15) is 9.59 Å². The molecule has 4 aromatic rings. The van der Waals surface area contributed by atoms with Crippen molar-refractivity contribution in [1.82, 2.24) is 29.2 Å². The summed E-state index contributed by atoms with van der Waals surface area (Å²) < 4.78 is 3.21. The molecular formula is C22H22N6O2. The molecule has 1 unspecified atom stereocenters. The van der Waals surface area contributed by atoms with Gasteiger partial charge in [0.15, 0.2) is 5.82 Å². The molecule has 1 N–H and O–H groups in total. The number of amides is 1. The number of likely N-dealkylation sites (tertiary alicyclic amines) is 1. The normalized spacial score (nSPS) is 16.4. The molecule has 5 rings (SSSR count). The summed E-state index contributed by atoms with van der Waals surface area (Å²) in [5.41, 5.74) is 1.86. The third-order valence-electron chi connectivity index (χ3n) is 5.72. The van der Waals surface area contributed by atoms with E-state index in [-0.39, 0.29) is 17.5 Å². The summed E-state index contributed by atoms with van der Waals surface area (Å²) in [5.74, 6) is 0.711. The summed E-state index contributed by atoms with van der Waals surface area (Å²) in [6.45, 7) is 1.10. The van der Waals surface area contributed by atoms with Gasteiger partial charge in [0, 0.05) is 42.1 Å². The lowest BCUT2D eigenvalue weighted by Crippen LogP contribution is -2.41. The van der Waals surface area contributed by atoms with Gasteiger partial charge in [-0.2, -0.15) is 5.10 Å². The first-order valence-corrected chi connectivity index (χ1v) is 10.1. The number of carbonyl (C=O) groups is 1. The number of benzene rings is 1. The summed E-state index contributed by atoms with van der Waals surface area (Å²) in [5, 5.41) is 5.55. The highest BCUT2D eigenvalue weighted by Crippen LogP contribution is 2.23. The minimum absolute atomic E-state index is 0.0362. The van der Waals surface area contributed by atoms with Crippen molar-refractivity contribution < 1.29 is 4.79 Å². The van der Waals surface area contributed by atoms with Gasteiger partial charge in [0.25, 0.3) is 5.56 Å². The average molecular weight is 402 g/mol. The molecule has 1 atom stereocenters. The van der Waals surface area contributed by atoms with Gasteiger partial charge in [-0.1, -0.05) is 18.2 Å². The van der Waals surface area contributed by atoms with Gasteiger partial charge in [0.1, 0.15) is 6.33 Å². The Labute approximate surface area is 172 Å². The lowest BCUT2D eigenvalue weighted by atomic mass is 10.1. The number of aromatic amines is 1. The second-order valence-corrected chi connectivity index (χ2v) is 7.60. The van der Waals surface area contributed by atoms with Crippen LogP contribution in [0, 0.1) is 0 Å². The molecule has 1 aromatic carbocycles. The van der Waals surface area contributed by atoms with Crippen LogP contribution in [-0.4, -0.2) is 47.7 Å². The quantitative estimate of drug-likeness (QED) is 0.554. The number of hydrogen-bond acceptors (Lipinski definition) is 4. The van der Waals surface area contributed by atoms with E-state index >= 15 is 0 Å². The lowest BCUT2D eigenvalue weighted by Gasteiger charge is -2.25. The van der Waals surface area contributed by atoms with Crippen molar-refractivity contribution in [2.75, 3.05) is 6.54 Å². The van der Waals surface area contributed by atoms with Gasteiger partial charge in [0.05, 0.1) is 19.0 Å². The van der Waals surface area contributed by atoms with Gasteiger partial charge >= 0.3 is 0 Å². The average Bonchev–Trinajstić information content (AvgIpc) is 3.51. The summed E-state index contributed by atoms with van der Waals surface area (Å²) in [4.78, 5) is 34.6. The van der Waals surface area contributed by atoms with Crippen LogP contribution in [0.4, 0.5) is 0 Å². The minimum Gasteiger partial charge on any atom is -0.361 e. The molecule has 1 aliphatic rings. The highest BCUT2D eigenvalue weighted by Gasteiger charge is 2.29. The SMILES string of the molecule is O=C(Cc1c[nH]c2ccccc12)N1CCCC1Cn1nc(-n2ccnc2)ccc1=O. The lowest BCUT2D eigenvalue weighted by molar-refractivity contribution is -0.131. The molecule has 0 spiro atoms. The Morgan fingerprint density at radius 2 is 2.10 bits per heavy atom. The predicted molar refractivity (Wildman–Crippen MR) is 112 cm³/mol. The van der Waals surface area contributed by atoms with Crippen LogP contribution in [0.5, 0.6) is 0 Å². The second-order valence-electron chi connectivity index (χ2n) is 7.60. The Morgan fingerprint density at radius 3 is 2.97 bits per heavy atom. The predicted octanol–water partition coefficient (Wildman–Crippen LogP) is 2.14. The number of nitrogens with one attached hydrogen (secondary N) is 1. The number of imidazole rings is 1. The van der Waals surface area contributed by atoms with Crippen molar-refractivity contribution in [3.63, 3.8) is 0 Å². The highest BCUT2D eigenvalue weighted by atomic mass is 16.2. The largest absolute Gasteiger partial charge is 0.361 e. The maximum Gasteiger partial charge on any atom is 0.266 e. The number of aromatic nitrogens is 5. The zero-order chi connectivity index (χ0) is 20.5. The van der Waals surface area contributed by atoms with E-state index in [1.165, 1.54) is 10.7 Å². The van der Waals surface area contributed by atoms with Crippen LogP contribution in [0.3, 0.4) is 0 Å². The standard InChI is InChI=1S/C22H22N6O2/c29-21-8-7-20(26-11-9-23-15-26)25-28(21)14-17-4-3-10-27(17)22(30)12-16-13-24-19-6-2-1-5-18(16)19/h1-2,5-9,11,13,15,17,24H,3-4,10,12,14H2. The summed E-state index contributed by atoms with van der Waals surface area (Å²) in [7, 11) is 0. The first-order valence-electron chi connectivity index (χ1n) is 10.1. The van der Waals surface area contributed by atoms with Crippen LogP contribution >= 0.6 is 0 Å². The summed E-state index contributed by atoms with van der Waals surface area (Å²) in [6.07, 6.45) is 9.14. The smallest absolute Gasteiger partial charge is 0.266 e.